The Bertz CT molecular complexity index is 189. The standard InChI is InChI=1S/C7H10N2O.C2H6/c1-3-6(5-8)7(10)9-4-2;1-2/h3H,4H2,1-2H3,(H,9,10);1-2H3/b6-3-;. The molecule has 0 aromatic carbocycles. The van der Waals surface area contributed by atoms with Crippen molar-refractivity contribution in [1.29, 1.82) is 5.26 Å². The van der Waals surface area contributed by atoms with E-state index in [-0.39, 0.29) is 11.5 Å². The minimum Gasteiger partial charge on any atom is -0.352 e. The Hall–Kier alpha value is -1.30. The lowest BCUT2D eigenvalue weighted by atomic mass is 10.2. The second-order valence-corrected chi connectivity index (χ2v) is 1.67. The quantitative estimate of drug-likeness (QED) is 0.503. The summed E-state index contributed by atoms with van der Waals surface area (Å²) in [5, 5.41) is 10.9. The zero-order valence-electron chi connectivity index (χ0n) is 8.14. The molecular formula is C9H16N2O. The van der Waals surface area contributed by atoms with Gasteiger partial charge in [-0.2, -0.15) is 5.26 Å². The van der Waals surface area contributed by atoms with Crippen LogP contribution >= 0.6 is 0 Å². The highest BCUT2D eigenvalue weighted by Crippen LogP contribution is 1.89. The fourth-order valence-electron chi connectivity index (χ4n) is 0.502. The summed E-state index contributed by atoms with van der Waals surface area (Å²) >= 11 is 0. The van der Waals surface area contributed by atoms with Gasteiger partial charge in [0, 0.05) is 6.54 Å². The molecule has 12 heavy (non-hydrogen) atoms. The van der Waals surface area contributed by atoms with Gasteiger partial charge in [0.1, 0.15) is 11.6 Å². The number of carbonyl (C=O) groups excluding carboxylic acids is 1. The minimum absolute atomic E-state index is 0.168. The summed E-state index contributed by atoms with van der Waals surface area (Å²) < 4.78 is 0. The average molecular weight is 168 g/mol. The second-order valence-electron chi connectivity index (χ2n) is 1.67. The van der Waals surface area contributed by atoms with Crippen LogP contribution < -0.4 is 5.32 Å². The predicted molar refractivity (Wildman–Crippen MR) is 49.4 cm³/mol. The molecule has 0 rings (SSSR count). The number of hydrogen-bond donors (Lipinski definition) is 1. The van der Waals surface area contributed by atoms with Gasteiger partial charge in [-0.05, 0) is 13.8 Å². The molecule has 0 radical (unpaired) electrons. The van der Waals surface area contributed by atoms with Crippen LogP contribution in [-0.2, 0) is 4.79 Å². The van der Waals surface area contributed by atoms with Crippen LogP contribution in [0.3, 0.4) is 0 Å². The van der Waals surface area contributed by atoms with Gasteiger partial charge in [0.2, 0.25) is 0 Å². The van der Waals surface area contributed by atoms with E-state index >= 15 is 0 Å². The highest BCUT2D eigenvalue weighted by atomic mass is 16.1. The maximum atomic E-state index is 10.8. The van der Waals surface area contributed by atoms with Crippen LogP contribution in [0.1, 0.15) is 27.7 Å². The minimum atomic E-state index is -0.299. The molecule has 0 aliphatic rings. The summed E-state index contributed by atoms with van der Waals surface area (Å²) in [6.45, 7) is 8.02. The molecule has 0 aromatic rings. The smallest absolute Gasteiger partial charge is 0.261 e. The third kappa shape index (κ3) is 5.48. The number of hydrogen-bond acceptors (Lipinski definition) is 2. The van der Waals surface area contributed by atoms with Gasteiger partial charge in [-0.3, -0.25) is 4.79 Å². The number of rotatable bonds is 2. The van der Waals surface area contributed by atoms with Gasteiger partial charge >= 0.3 is 0 Å². The first-order valence-electron chi connectivity index (χ1n) is 4.10. The van der Waals surface area contributed by atoms with Crippen molar-refractivity contribution in [3.63, 3.8) is 0 Å². The summed E-state index contributed by atoms with van der Waals surface area (Å²) in [6.07, 6.45) is 1.49. The van der Waals surface area contributed by atoms with Crippen LogP contribution in [0.15, 0.2) is 11.6 Å². The molecule has 3 heteroatoms. The summed E-state index contributed by atoms with van der Waals surface area (Å²) in [5.74, 6) is -0.299. The number of nitriles is 1. The molecule has 0 fully saturated rings. The first-order chi connectivity index (χ1) is 5.76. The Morgan fingerprint density at radius 1 is 1.58 bits per heavy atom. The van der Waals surface area contributed by atoms with Crippen LogP contribution in [0.4, 0.5) is 0 Å². The maximum Gasteiger partial charge on any atom is 0.261 e. The van der Waals surface area contributed by atoms with Gasteiger partial charge in [0.05, 0.1) is 0 Å². The van der Waals surface area contributed by atoms with Crippen molar-refractivity contribution in [2.24, 2.45) is 0 Å². The van der Waals surface area contributed by atoms with Gasteiger partial charge in [-0.25, -0.2) is 0 Å². The van der Waals surface area contributed by atoms with Gasteiger partial charge < -0.3 is 5.32 Å². The van der Waals surface area contributed by atoms with Gasteiger partial charge in [0.25, 0.3) is 5.91 Å². The number of carbonyl (C=O) groups is 1. The summed E-state index contributed by atoms with van der Waals surface area (Å²) in [6, 6.07) is 1.79. The lowest BCUT2D eigenvalue weighted by molar-refractivity contribution is -0.117. The number of amides is 1. The van der Waals surface area contributed by atoms with E-state index in [9.17, 15) is 4.79 Å². The van der Waals surface area contributed by atoms with E-state index < -0.39 is 0 Å². The molecule has 0 heterocycles. The van der Waals surface area contributed by atoms with E-state index in [1.807, 2.05) is 20.8 Å². The number of allylic oxidation sites excluding steroid dienone is 1. The predicted octanol–water partition coefficient (Wildman–Crippen LogP) is 1.62. The van der Waals surface area contributed by atoms with Crippen LogP contribution in [0.2, 0.25) is 0 Å². The molecule has 0 unspecified atom stereocenters. The number of likely N-dealkylation sites (N-methyl/N-ethyl adjacent to an activating group) is 1. The van der Waals surface area contributed by atoms with Crippen molar-refractivity contribution in [3.05, 3.63) is 11.6 Å². The molecule has 1 amide bonds. The lowest BCUT2D eigenvalue weighted by Gasteiger charge is -1.96. The fourth-order valence-corrected chi connectivity index (χ4v) is 0.502. The third-order valence-corrected chi connectivity index (χ3v) is 0.991. The van der Waals surface area contributed by atoms with Crippen molar-refractivity contribution in [3.8, 4) is 6.07 Å². The largest absolute Gasteiger partial charge is 0.352 e. The number of nitrogens with zero attached hydrogens (tertiary/aromatic N) is 1. The molecular weight excluding hydrogens is 152 g/mol. The monoisotopic (exact) mass is 168 g/mol. The van der Waals surface area contributed by atoms with Crippen molar-refractivity contribution >= 4 is 5.91 Å². The number of nitrogens with one attached hydrogen (secondary N) is 1. The van der Waals surface area contributed by atoms with Crippen LogP contribution in [0.25, 0.3) is 0 Å². The molecule has 68 valence electrons. The molecule has 3 nitrogen and oxygen atoms in total. The molecule has 0 atom stereocenters. The van der Waals surface area contributed by atoms with Crippen molar-refractivity contribution in [2.45, 2.75) is 27.7 Å². The van der Waals surface area contributed by atoms with E-state index in [0.29, 0.717) is 6.54 Å². The zero-order chi connectivity index (χ0) is 9.98. The lowest BCUT2D eigenvalue weighted by Crippen LogP contribution is -2.23. The molecule has 0 aliphatic heterocycles. The fraction of sp³-hybridized carbons (Fsp3) is 0.556. The van der Waals surface area contributed by atoms with E-state index in [1.165, 1.54) is 6.08 Å². The molecule has 0 bridgehead atoms. The molecule has 0 saturated heterocycles. The summed E-state index contributed by atoms with van der Waals surface area (Å²) in [7, 11) is 0. The summed E-state index contributed by atoms with van der Waals surface area (Å²) in [5.41, 5.74) is 0.168. The van der Waals surface area contributed by atoms with E-state index in [2.05, 4.69) is 5.32 Å². The highest BCUT2D eigenvalue weighted by molar-refractivity contribution is 5.96. The Labute approximate surface area is 74.1 Å². The average Bonchev–Trinajstić information content (AvgIpc) is 2.11. The Morgan fingerprint density at radius 2 is 2.08 bits per heavy atom. The second kappa shape index (κ2) is 9.70. The Kier molecular flexibility index (Phi) is 10.8. The normalized spacial score (nSPS) is 9.08. The van der Waals surface area contributed by atoms with Crippen LogP contribution in [-0.4, -0.2) is 12.5 Å². The molecule has 0 aliphatic carbocycles. The summed E-state index contributed by atoms with van der Waals surface area (Å²) in [4.78, 5) is 10.8. The molecule has 0 saturated carbocycles. The van der Waals surface area contributed by atoms with Gasteiger partial charge in [0.15, 0.2) is 0 Å². The Balaban J connectivity index is 0. The third-order valence-electron chi connectivity index (χ3n) is 0.991. The topological polar surface area (TPSA) is 52.9 Å². The van der Waals surface area contributed by atoms with E-state index in [0.717, 1.165) is 0 Å². The van der Waals surface area contributed by atoms with Crippen LogP contribution in [0.5, 0.6) is 0 Å². The SMILES string of the molecule is C/C=C(/C#N)C(=O)NCC.CC. The highest BCUT2D eigenvalue weighted by Gasteiger charge is 2.03. The first kappa shape index (κ1) is 13.3. The Morgan fingerprint density at radius 3 is 2.33 bits per heavy atom. The van der Waals surface area contributed by atoms with E-state index in [4.69, 9.17) is 5.26 Å². The van der Waals surface area contributed by atoms with Crippen molar-refractivity contribution in [2.75, 3.05) is 6.54 Å². The van der Waals surface area contributed by atoms with Crippen molar-refractivity contribution in [1.82, 2.24) is 5.32 Å². The van der Waals surface area contributed by atoms with Crippen molar-refractivity contribution < 1.29 is 4.79 Å². The van der Waals surface area contributed by atoms with Crippen LogP contribution in [0, 0.1) is 11.3 Å². The first-order valence-corrected chi connectivity index (χ1v) is 4.10. The molecule has 0 aromatic heterocycles. The zero-order valence-corrected chi connectivity index (χ0v) is 8.14. The van der Waals surface area contributed by atoms with Gasteiger partial charge in [-0.15, -0.1) is 0 Å². The molecule has 1 N–H and O–H groups in total. The maximum absolute atomic E-state index is 10.8. The van der Waals surface area contributed by atoms with E-state index in [1.54, 1.807) is 13.0 Å². The van der Waals surface area contributed by atoms with Gasteiger partial charge in [-0.1, -0.05) is 19.9 Å². The molecule has 0 spiro atoms.